The second-order valence-electron chi connectivity index (χ2n) is 8.43. The lowest BCUT2D eigenvalue weighted by molar-refractivity contribution is 0.0954. The Bertz CT molecular complexity index is 1400. The van der Waals surface area contributed by atoms with Crippen LogP contribution < -0.4 is 19.6 Å². The number of hydrazone groups is 1. The van der Waals surface area contributed by atoms with Crippen LogP contribution in [0.1, 0.15) is 32.6 Å². The number of ether oxygens (including phenoxy) is 3. The van der Waals surface area contributed by atoms with E-state index in [2.05, 4.69) is 61.4 Å². The van der Waals surface area contributed by atoms with Crippen molar-refractivity contribution in [3.8, 4) is 17.2 Å². The molecule has 194 valence electrons. The van der Waals surface area contributed by atoms with Crippen LogP contribution in [0.15, 0.2) is 99.0 Å². The summed E-state index contributed by atoms with van der Waals surface area (Å²) in [4.78, 5) is 12.7. The molecule has 0 radical (unpaired) electrons. The fraction of sp³-hybridized carbons (Fsp3) is 0.133. The third-order valence-corrected chi connectivity index (χ3v) is 6.75. The van der Waals surface area contributed by atoms with Crippen molar-refractivity contribution in [3.05, 3.63) is 122 Å². The third kappa shape index (κ3) is 7.46. The van der Waals surface area contributed by atoms with E-state index in [0.717, 1.165) is 25.6 Å². The Kier molecular flexibility index (Phi) is 9.56. The first-order valence-electron chi connectivity index (χ1n) is 11.8. The molecule has 1 N–H and O–H groups in total. The quantitative estimate of drug-likeness (QED) is 0.145. The minimum Gasteiger partial charge on any atom is -0.493 e. The van der Waals surface area contributed by atoms with Gasteiger partial charge in [0.05, 0.1) is 22.3 Å². The van der Waals surface area contributed by atoms with Crippen LogP contribution >= 0.6 is 31.9 Å². The molecule has 0 unspecified atom stereocenters. The maximum Gasteiger partial charge on any atom is 0.271 e. The van der Waals surface area contributed by atoms with E-state index < -0.39 is 0 Å². The van der Waals surface area contributed by atoms with Crippen LogP contribution in [-0.4, -0.2) is 19.2 Å². The predicted octanol–water partition coefficient (Wildman–Crippen LogP) is 7.45. The minimum absolute atomic E-state index is 0.370. The number of carbonyl (C=O) groups excluding carboxylic acids is 1. The van der Waals surface area contributed by atoms with Crippen molar-refractivity contribution in [2.24, 2.45) is 5.10 Å². The predicted molar refractivity (Wildman–Crippen MR) is 156 cm³/mol. The second kappa shape index (κ2) is 13.3. The van der Waals surface area contributed by atoms with Crippen molar-refractivity contribution in [1.82, 2.24) is 5.43 Å². The van der Waals surface area contributed by atoms with Crippen molar-refractivity contribution in [3.63, 3.8) is 0 Å². The van der Waals surface area contributed by atoms with Crippen molar-refractivity contribution >= 4 is 44.0 Å². The summed E-state index contributed by atoms with van der Waals surface area (Å²) in [5, 5.41) is 4.11. The molecule has 0 heterocycles. The summed E-state index contributed by atoms with van der Waals surface area (Å²) in [6.07, 6.45) is 1.56. The maximum atomic E-state index is 12.7. The van der Waals surface area contributed by atoms with E-state index in [9.17, 15) is 4.79 Å². The molecule has 0 saturated heterocycles. The van der Waals surface area contributed by atoms with Gasteiger partial charge in [0.1, 0.15) is 19.0 Å². The van der Waals surface area contributed by atoms with E-state index >= 15 is 0 Å². The highest BCUT2D eigenvalue weighted by molar-refractivity contribution is 9.11. The molecule has 4 aromatic rings. The number of hydrogen-bond acceptors (Lipinski definition) is 5. The number of carbonyl (C=O) groups is 1. The zero-order valence-corrected chi connectivity index (χ0v) is 24.1. The highest BCUT2D eigenvalue weighted by Gasteiger charge is 2.12. The van der Waals surface area contributed by atoms with Crippen LogP contribution in [0.4, 0.5) is 0 Å². The van der Waals surface area contributed by atoms with Crippen molar-refractivity contribution < 1.29 is 19.0 Å². The van der Waals surface area contributed by atoms with Crippen LogP contribution in [0.3, 0.4) is 0 Å². The van der Waals surface area contributed by atoms with Crippen LogP contribution in [-0.2, 0) is 13.2 Å². The van der Waals surface area contributed by atoms with Gasteiger partial charge in [-0.15, -0.1) is 0 Å². The lowest BCUT2D eigenvalue weighted by Gasteiger charge is -2.12. The fourth-order valence-electron chi connectivity index (χ4n) is 3.53. The standard InChI is InChI=1S/C30H26Br2N2O4/c1-20-8-10-22(11-9-20)19-38-29-25(31)14-23(15-26(29)32)17-33-34-30(35)24-12-13-27(28(16-24)36-2)37-18-21-6-4-3-5-7-21/h3-17H,18-19H2,1-2H3,(H,34,35)/b33-17+. The molecule has 4 rings (SSSR count). The number of methoxy groups -OCH3 is 1. The van der Waals surface area contributed by atoms with Gasteiger partial charge in [0.15, 0.2) is 11.5 Å². The topological polar surface area (TPSA) is 69.2 Å². The van der Waals surface area contributed by atoms with E-state index in [1.54, 1.807) is 24.4 Å². The van der Waals surface area contributed by atoms with Gasteiger partial charge in [0, 0.05) is 5.56 Å². The second-order valence-corrected chi connectivity index (χ2v) is 10.1. The molecule has 0 aliphatic heterocycles. The Morgan fingerprint density at radius 2 is 1.50 bits per heavy atom. The normalized spacial score (nSPS) is 10.8. The van der Waals surface area contributed by atoms with E-state index in [-0.39, 0.29) is 5.91 Å². The summed E-state index contributed by atoms with van der Waals surface area (Å²) in [5.41, 5.74) is 7.04. The number of nitrogens with one attached hydrogen (secondary N) is 1. The summed E-state index contributed by atoms with van der Waals surface area (Å²) in [5.74, 6) is 1.33. The Morgan fingerprint density at radius 3 is 2.18 bits per heavy atom. The average molecular weight is 638 g/mol. The molecule has 38 heavy (non-hydrogen) atoms. The van der Waals surface area contributed by atoms with Crippen LogP contribution in [0.2, 0.25) is 0 Å². The van der Waals surface area contributed by atoms with Gasteiger partial charge in [-0.2, -0.15) is 5.10 Å². The fourth-order valence-corrected chi connectivity index (χ4v) is 4.98. The van der Waals surface area contributed by atoms with Gasteiger partial charge in [-0.3, -0.25) is 4.79 Å². The Morgan fingerprint density at radius 1 is 0.842 bits per heavy atom. The molecule has 0 aliphatic rings. The number of benzene rings is 4. The zero-order valence-electron chi connectivity index (χ0n) is 20.9. The first kappa shape index (κ1) is 27.4. The molecule has 6 nitrogen and oxygen atoms in total. The van der Waals surface area contributed by atoms with Gasteiger partial charge in [-0.1, -0.05) is 60.2 Å². The SMILES string of the molecule is COc1cc(C(=O)N/N=C/c2cc(Br)c(OCc3ccc(C)cc3)c(Br)c2)ccc1OCc1ccccc1. The smallest absolute Gasteiger partial charge is 0.271 e. The first-order chi connectivity index (χ1) is 18.4. The zero-order chi connectivity index (χ0) is 26.9. The van der Waals surface area contributed by atoms with Gasteiger partial charge in [-0.25, -0.2) is 5.43 Å². The lowest BCUT2D eigenvalue weighted by Crippen LogP contribution is -2.17. The minimum atomic E-state index is -0.370. The number of halogens is 2. The van der Waals surface area contributed by atoms with Crippen LogP contribution in [0.5, 0.6) is 17.2 Å². The molecule has 0 aromatic heterocycles. The largest absolute Gasteiger partial charge is 0.493 e. The molecule has 0 bridgehead atoms. The van der Waals surface area contributed by atoms with Gasteiger partial charge in [-0.05, 0) is 85.8 Å². The van der Waals surface area contributed by atoms with Gasteiger partial charge >= 0.3 is 0 Å². The Hall–Kier alpha value is -3.62. The van der Waals surface area contributed by atoms with Crippen molar-refractivity contribution in [1.29, 1.82) is 0 Å². The Balaban J connectivity index is 1.36. The summed E-state index contributed by atoms with van der Waals surface area (Å²) in [7, 11) is 1.54. The molecule has 1 amide bonds. The number of rotatable bonds is 10. The Labute approximate surface area is 238 Å². The molecular formula is C30H26Br2N2O4. The lowest BCUT2D eigenvalue weighted by atomic mass is 10.2. The number of aryl methyl sites for hydroxylation is 1. The molecule has 0 fully saturated rings. The summed E-state index contributed by atoms with van der Waals surface area (Å²) < 4.78 is 18.8. The highest BCUT2D eigenvalue weighted by atomic mass is 79.9. The van der Waals surface area contributed by atoms with Crippen molar-refractivity contribution in [2.75, 3.05) is 7.11 Å². The van der Waals surface area contributed by atoms with Gasteiger partial charge < -0.3 is 14.2 Å². The average Bonchev–Trinajstić information content (AvgIpc) is 2.93. The van der Waals surface area contributed by atoms with E-state index in [1.807, 2.05) is 54.6 Å². The molecule has 0 aliphatic carbocycles. The van der Waals surface area contributed by atoms with Crippen molar-refractivity contribution in [2.45, 2.75) is 20.1 Å². The van der Waals surface area contributed by atoms with Crippen LogP contribution in [0, 0.1) is 6.92 Å². The molecule has 0 spiro atoms. The molecule has 0 atom stereocenters. The van der Waals surface area contributed by atoms with Gasteiger partial charge in [0.2, 0.25) is 0 Å². The molecule has 8 heteroatoms. The summed E-state index contributed by atoms with van der Waals surface area (Å²) in [6.45, 7) is 2.89. The van der Waals surface area contributed by atoms with Crippen LogP contribution in [0.25, 0.3) is 0 Å². The molecule has 0 saturated carbocycles. The summed E-state index contributed by atoms with van der Waals surface area (Å²) in [6, 6.07) is 26.8. The first-order valence-corrected chi connectivity index (χ1v) is 13.4. The van der Waals surface area contributed by atoms with E-state index in [1.165, 1.54) is 12.7 Å². The molecule has 4 aromatic carbocycles. The highest BCUT2D eigenvalue weighted by Crippen LogP contribution is 2.35. The number of hydrogen-bond donors (Lipinski definition) is 1. The number of amides is 1. The monoisotopic (exact) mass is 636 g/mol. The maximum absolute atomic E-state index is 12.7. The van der Waals surface area contributed by atoms with Gasteiger partial charge in [0.25, 0.3) is 5.91 Å². The molecular weight excluding hydrogens is 612 g/mol. The summed E-state index contributed by atoms with van der Waals surface area (Å²) >= 11 is 7.12. The van der Waals surface area contributed by atoms with E-state index in [4.69, 9.17) is 14.2 Å². The third-order valence-electron chi connectivity index (χ3n) is 5.57. The van der Waals surface area contributed by atoms with E-state index in [0.29, 0.717) is 36.0 Å². The number of nitrogens with zero attached hydrogens (tertiary/aromatic N) is 1.